The number of phosphoric ester groups is 2. The number of unbranched alkanes of at least 4 members (excludes halogenated alkanes) is 26. The Morgan fingerprint density at radius 2 is 0.464 bits per heavy atom. The minimum absolute atomic E-state index is 0.0693. The van der Waals surface area contributed by atoms with Crippen molar-refractivity contribution in [2.45, 2.75) is 354 Å². The van der Waals surface area contributed by atoms with Crippen LogP contribution in [-0.2, 0) is 65.4 Å². The maximum Gasteiger partial charge on any atom is 0.472 e. The van der Waals surface area contributed by atoms with Crippen molar-refractivity contribution in [3.8, 4) is 0 Å². The van der Waals surface area contributed by atoms with E-state index in [9.17, 15) is 43.2 Å². The number of aliphatic hydroxyl groups is 1. The molecule has 0 radical (unpaired) electrons. The molecule has 0 aromatic carbocycles. The second-order valence-electron chi connectivity index (χ2n) is 28.3. The Morgan fingerprint density at radius 3 is 0.714 bits per heavy atom. The van der Waals surface area contributed by atoms with E-state index in [1.807, 2.05) is 0 Å². The Bertz CT molecular complexity index is 2790. The zero-order valence-electron chi connectivity index (χ0n) is 70.0. The fourth-order valence-electron chi connectivity index (χ4n) is 11.2. The molecule has 0 saturated carbocycles. The van der Waals surface area contributed by atoms with Gasteiger partial charge in [0.15, 0.2) is 12.2 Å². The van der Waals surface area contributed by atoms with Gasteiger partial charge >= 0.3 is 39.5 Å². The number of esters is 4. The van der Waals surface area contributed by atoms with E-state index in [4.69, 9.17) is 37.0 Å². The Kier molecular flexibility index (Phi) is 79.2. The van der Waals surface area contributed by atoms with Crippen LogP contribution in [0.1, 0.15) is 336 Å². The van der Waals surface area contributed by atoms with E-state index in [1.54, 1.807) is 0 Å². The van der Waals surface area contributed by atoms with E-state index >= 15 is 0 Å². The van der Waals surface area contributed by atoms with E-state index in [1.165, 1.54) is 19.3 Å². The molecule has 0 aliphatic rings. The number of phosphoric acid groups is 2. The van der Waals surface area contributed by atoms with Crippen LogP contribution in [0, 0.1) is 0 Å². The van der Waals surface area contributed by atoms with Crippen molar-refractivity contribution in [2.75, 3.05) is 39.6 Å². The van der Waals surface area contributed by atoms with Crippen molar-refractivity contribution < 1.29 is 80.2 Å². The maximum absolute atomic E-state index is 13.2. The van der Waals surface area contributed by atoms with Crippen LogP contribution in [0.3, 0.4) is 0 Å². The second kappa shape index (κ2) is 83.4. The summed E-state index contributed by atoms with van der Waals surface area (Å²) in [5.74, 6) is -2.24. The van der Waals surface area contributed by atoms with Gasteiger partial charge in [-0.05, 0) is 173 Å². The summed E-state index contributed by atoms with van der Waals surface area (Å²) in [5.41, 5.74) is 0. The van der Waals surface area contributed by atoms with Gasteiger partial charge in [0.25, 0.3) is 0 Å². The first-order valence-corrected chi connectivity index (χ1v) is 46.4. The first-order valence-electron chi connectivity index (χ1n) is 43.4. The molecule has 3 N–H and O–H groups in total. The van der Waals surface area contributed by atoms with Crippen molar-refractivity contribution in [3.05, 3.63) is 170 Å². The molecule has 17 nitrogen and oxygen atoms in total. The van der Waals surface area contributed by atoms with Gasteiger partial charge < -0.3 is 33.8 Å². The molecule has 0 aliphatic heterocycles. The van der Waals surface area contributed by atoms with Crippen LogP contribution in [-0.4, -0.2) is 96.7 Å². The molecule has 112 heavy (non-hydrogen) atoms. The van der Waals surface area contributed by atoms with Crippen molar-refractivity contribution in [1.29, 1.82) is 0 Å². The van der Waals surface area contributed by atoms with E-state index in [0.29, 0.717) is 25.7 Å². The lowest BCUT2D eigenvalue weighted by molar-refractivity contribution is -0.161. The molecule has 0 aromatic heterocycles. The third kappa shape index (κ3) is 82.4. The van der Waals surface area contributed by atoms with Crippen molar-refractivity contribution in [2.24, 2.45) is 0 Å². The van der Waals surface area contributed by atoms with Gasteiger partial charge in [-0.1, -0.05) is 307 Å². The minimum Gasteiger partial charge on any atom is -0.462 e. The van der Waals surface area contributed by atoms with Gasteiger partial charge in [0, 0.05) is 25.7 Å². The molecule has 0 saturated heterocycles. The number of allylic oxidation sites excluding steroid dienone is 28. The van der Waals surface area contributed by atoms with Crippen LogP contribution in [0.15, 0.2) is 170 Å². The van der Waals surface area contributed by atoms with E-state index in [2.05, 4.69) is 198 Å². The fraction of sp³-hybridized carbons (Fsp3) is 0.656. The Balaban J connectivity index is 5.44. The third-order valence-corrected chi connectivity index (χ3v) is 19.6. The van der Waals surface area contributed by atoms with Crippen molar-refractivity contribution in [1.82, 2.24) is 0 Å². The zero-order chi connectivity index (χ0) is 81.7. The van der Waals surface area contributed by atoms with Gasteiger partial charge in [-0.3, -0.25) is 37.3 Å². The lowest BCUT2D eigenvalue weighted by Crippen LogP contribution is -2.30. The topological polar surface area (TPSA) is 237 Å². The molecule has 0 aliphatic carbocycles. The lowest BCUT2D eigenvalue weighted by atomic mass is 10.1. The quantitative estimate of drug-likeness (QED) is 0.0169. The van der Waals surface area contributed by atoms with Crippen molar-refractivity contribution >= 4 is 39.5 Å². The standard InChI is InChI=1S/C93H154O17P2/c1-5-9-13-17-21-25-29-33-37-40-43-46-50-53-57-61-65-69-73-77-90(95)103-83-88(109-92(97)79-75-71-67-63-59-55-49-36-32-28-24-20-16-12-8-4)85-107-111(99,100)105-81-87(94)82-106-112(101,102)108-86-89(110-93(98)80-76-72-68-64-60-56-52-48-45-42-39-35-31-27-23-19-15-11-7-3)84-104-91(96)78-74-70-66-62-58-54-51-47-44-41-38-34-30-26-22-18-14-10-6-2/h9-11,13-15,21-28,33-39,43-49,87-89,94H,5-8,12,16-20,29-32,40-42,50-86H2,1-4H3,(H,99,100)(H,101,102)/b13-9-,14-10-,15-11-,25-21-,26-22-,27-23-,28-24-,37-33-,38-34-,39-35-,46-43-,47-44-,48-45-,49-36-. The molecule has 0 amide bonds. The summed E-state index contributed by atoms with van der Waals surface area (Å²) in [5, 5.41) is 10.7. The number of hydrogen-bond acceptors (Lipinski definition) is 15. The predicted molar refractivity (Wildman–Crippen MR) is 463 cm³/mol. The highest BCUT2D eigenvalue weighted by Crippen LogP contribution is 2.45. The Hall–Kier alpha value is -5.58. The van der Waals surface area contributed by atoms with Gasteiger partial charge in [0.1, 0.15) is 19.3 Å². The number of rotatable bonds is 80. The lowest BCUT2D eigenvalue weighted by Gasteiger charge is -2.21. The minimum atomic E-state index is -5.00. The van der Waals surface area contributed by atoms with E-state index < -0.39 is 97.5 Å². The molecular formula is C93H154O17P2. The molecule has 0 fully saturated rings. The fourth-order valence-corrected chi connectivity index (χ4v) is 12.7. The number of ether oxygens (including phenoxy) is 4. The van der Waals surface area contributed by atoms with Crippen LogP contribution in [0.4, 0.5) is 0 Å². The Labute approximate surface area is 680 Å². The van der Waals surface area contributed by atoms with Gasteiger partial charge in [0.05, 0.1) is 26.4 Å². The smallest absolute Gasteiger partial charge is 0.462 e. The van der Waals surface area contributed by atoms with E-state index in [-0.39, 0.29) is 25.7 Å². The van der Waals surface area contributed by atoms with Crippen molar-refractivity contribution in [3.63, 3.8) is 0 Å². The van der Waals surface area contributed by atoms with Gasteiger partial charge in [-0.2, -0.15) is 0 Å². The molecule has 0 bridgehead atoms. The molecule has 5 atom stereocenters. The largest absolute Gasteiger partial charge is 0.472 e. The SMILES string of the molecule is CC/C=C\C/C=C\C/C=C\C/C=C\CCCCCCCCC(=O)OCC(COP(=O)(O)OCC(O)COP(=O)(O)OCC(COC(=O)CCCCCCCC/C=C\C/C=C\C/C=C\C/C=C\CC)OC(=O)CCCCCCCC/C=C\C/C=C\C/C=C\C/C=C\CC)OC(=O)CCCCCCC/C=C\C/C=C\CCCCC. The summed E-state index contributed by atoms with van der Waals surface area (Å²) in [6, 6.07) is 0. The summed E-state index contributed by atoms with van der Waals surface area (Å²) in [6.07, 6.45) is 100. The molecule has 0 aromatic rings. The van der Waals surface area contributed by atoms with Crippen LogP contribution in [0.2, 0.25) is 0 Å². The average molecular weight is 1610 g/mol. The predicted octanol–water partition coefficient (Wildman–Crippen LogP) is 26.1. The molecule has 0 spiro atoms. The van der Waals surface area contributed by atoms with E-state index in [0.717, 1.165) is 238 Å². The van der Waals surface area contributed by atoms with Crippen LogP contribution >= 0.6 is 15.6 Å². The molecule has 0 heterocycles. The number of carbonyl (C=O) groups is 4. The summed E-state index contributed by atoms with van der Waals surface area (Å²) in [6.45, 7) is 4.47. The highest BCUT2D eigenvalue weighted by atomic mass is 31.2. The molecule has 19 heteroatoms. The first kappa shape index (κ1) is 106. The number of aliphatic hydroxyl groups excluding tert-OH is 1. The number of carbonyl (C=O) groups excluding carboxylic acids is 4. The van der Waals surface area contributed by atoms with Crippen LogP contribution in [0.5, 0.6) is 0 Å². The third-order valence-electron chi connectivity index (χ3n) is 17.7. The molecule has 5 unspecified atom stereocenters. The normalized spacial score (nSPS) is 14.6. The highest BCUT2D eigenvalue weighted by molar-refractivity contribution is 7.47. The maximum atomic E-state index is 13.2. The summed E-state index contributed by atoms with van der Waals surface area (Å²) >= 11 is 0. The highest BCUT2D eigenvalue weighted by Gasteiger charge is 2.30. The summed E-state index contributed by atoms with van der Waals surface area (Å²) in [7, 11) is -10.00. The molecular weight excluding hydrogens is 1450 g/mol. The van der Waals surface area contributed by atoms with Gasteiger partial charge in [-0.25, -0.2) is 9.13 Å². The number of hydrogen-bond donors (Lipinski definition) is 3. The molecule has 0 rings (SSSR count). The van der Waals surface area contributed by atoms with Crippen LogP contribution < -0.4 is 0 Å². The van der Waals surface area contributed by atoms with Gasteiger partial charge in [-0.15, -0.1) is 0 Å². The second-order valence-corrected chi connectivity index (χ2v) is 31.2. The monoisotopic (exact) mass is 1610 g/mol. The Morgan fingerprint density at radius 1 is 0.259 bits per heavy atom. The zero-order valence-corrected chi connectivity index (χ0v) is 71.8. The van der Waals surface area contributed by atoms with Gasteiger partial charge in [0.2, 0.25) is 0 Å². The summed E-state index contributed by atoms with van der Waals surface area (Å²) < 4.78 is 68.9. The first-order chi connectivity index (χ1) is 54.7. The van der Waals surface area contributed by atoms with Crippen LogP contribution in [0.25, 0.3) is 0 Å². The summed E-state index contributed by atoms with van der Waals surface area (Å²) in [4.78, 5) is 73.4. The average Bonchev–Trinajstić information content (AvgIpc) is 0.898. The molecule has 638 valence electrons.